The summed E-state index contributed by atoms with van der Waals surface area (Å²) in [6.07, 6.45) is -0.130. The van der Waals surface area contributed by atoms with Gasteiger partial charge in [0.15, 0.2) is 5.96 Å². The van der Waals surface area contributed by atoms with Gasteiger partial charge in [-0.2, -0.15) is 0 Å². The van der Waals surface area contributed by atoms with Gasteiger partial charge < -0.3 is 20.3 Å². The van der Waals surface area contributed by atoms with E-state index in [9.17, 15) is 9.18 Å². The number of aliphatic imine (C=N–C) groups is 1. The predicted molar refractivity (Wildman–Crippen MR) is 114 cm³/mol. The molecule has 0 spiro atoms. The standard InChI is InChI=1S/C21H34FN5O2/c1-5-23-21(24-14-17(4)29-19-8-6-18(22)7-9-19)27-12-10-26(11-13-27)15-20(28)25-16(2)3/h6-9,16-17H,5,10-15H2,1-4H3,(H,23,24)(H,25,28). The lowest BCUT2D eigenvalue weighted by atomic mass is 10.3. The smallest absolute Gasteiger partial charge is 0.234 e. The van der Waals surface area contributed by atoms with Gasteiger partial charge in [0.2, 0.25) is 5.91 Å². The number of piperazine rings is 1. The number of benzene rings is 1. The molecule has 2 rings (SSSR count). The Bertz CT molecular complexity index is 658. The van der Waals surface area contributed by atoms with Crippen LogP contribution in [0.2, 0.25) is 0 Å². The highest BCUT2D eigenvalue weighted by atomic mass is 19.1. The largest absolute Gasteiger partial charge is 0.489 e. The van der Waals surface area contributed by atoms with Crippen LogP contribution in [-0.4, -0.2) is 79.6 Å². The minimum atomic E-state index is -0.279. The van der Waals surface area contributed by atoms with E-state index < -0.39 is 0 Å². The topological polar surface area (TPSA) is 69.2 Å². The lowest BCUT2D eigenvalue weighted by molar-refractivity contribution is -0.123. The van der Waals surface area contributed by atoms with Crippen LogP contribution in [-0.2, 0) is 4.79 Å². The van der Waals surface area contributed by atoms with E-state index in [1.807, 2.05) is 27.7 Å². The molecule has 1 heterocycles. The molecule has 1 aromatic carbocycles. The first-order valence-electron chi connectivity index (χ1n) is 10.3. The fraction of sp³-hybridized carbons (Fsp3) is 0.619. The first-order valence-corrected chi connectivity index (χ1v) is 10.3. The van der Waals surface area contributed by atoms with Gasteiger partial charge in [-0.05, 0) is 52.0 Å². The van der Waals surface area contributed by atoms with E-state index in [-0.39, 0.29) is 23.9 Å². The molecule has 1 fully saturated rings. The maximum Gasteiger partial charge on any atom is 0.234 e. The lowest BCUT2D eigenvalue weighted by Gasteiger charge is -2.36. The third kappa shape index (κ3) is 8.27. The summed E-state index contributed by atoms with van der Waals surface area (Å²) in [6.45, 7) is 12.9. The Morgan fingerprint density at radius 3 is 2.41 bits per heavy atom. The van der Waals surface area contributed by atoms with Crippen molar-refractivity contribution in [3.8, 4) is 5.75 Å². The highest BCUT2D eigenvalue weighted by Gasteiger charge is 2.21. The summed E-state index contributed by atoms with van der Waals surface area (Å²) < 4.78 is 18.8. The first kappa shape index (κ1) is 22.9. The van der Waals surface area contributed by atoms with Crippen molar-refractivity contribution in [2.45, 2.75) is 39.8 Å². The molecule has 0 aliphatic carbocycles. The number of amides is 1. The average Bonchev–Trinajstić information content (AvgIpc) is 2.67. The maximum absolute atomic E-state index is 13.0. The van der Waals surface area contributed by atoms with Gasteiger partial charge in [-0.15, -0.1) is 0 Å². The fourth-order valence-corrected chi connectivity index (χ4v) is 3.11. The predicted octanol–water partition coefficient (Wildman–Crippen LogP) is 1.70. The number of carbonyl (C=O) groups excluding carboxylic acids is 1. The van der Waals surface area contributed by atoms with Crippen LogP contribution in [0, 0.1) is 5.82 Å². The number of nitrogens with zero attached hydrogens (tertiary/aromatic N) is 3. The molecule has 0 aromatic heterocycles. The highest BCUT2D eigenvalue weighted by Crippen LogP contribution is 2.13. The Balaban J connectivity index is 1.84. The Morgan fingerprint density at radius 2 is 1.83 bits per heavy atom. The van der Waals surface area contributed by atoms with Gasteiger partial charge in [0.1, 0.15) is 17.7 Å². The Labute approximate surface area is 173 Å². The summed E-state index contributed by atoms with van der Waals surface area (Å²) in [7, 11) is 0. The number of nitrogens with one attached hydrogen (secondary N) is 2. The number of carbonyl (C=O) groups is 1. The number of ether oxygens (including phenoxy) is 1. The number of hydrogen-bond acceptors (Lipinski definition) is 4. The molecule has 1 amide bonds. The Morgan fingerprint density at radius 1 is 1.17 bits per heavy atom. The molecule has 1 unspecified atom stereocenters. The van der Waals surface area contributed by atoms with E-state index in [0.717, 1.165) is 38.7 Å². The third-order valence-corrected chi connectivity index (χ3v) is 4.47. The summed E-state index contributed by atoms with van der Waals surface area (Å²) in [5.41, 5.74) is 0. The molecular formula is C21H34FN5O2. The normalized spacial score (nSPS) is 16.6. The first-order chi connectivity index (χ1) is 13.9. The molecule has 7 nitrogen and oxygen atoms in total. The molecule has 0 saturated carbocycles. The highest BCUT2D eigenvalue weighted by molar-refractivity contribution is 5.80. The molecule has 1 aliphatic heterocycles. The van der Waals surface area contributed by atoms with Crippen LogP contribution in [0.1, 0.15) is 27.7 Å². The zero-order valence-electron chi connectivity index (χ0n) is 17.9. The van der Waals surface area contributed by atoms with Crippen molar-refractivity contribution in [1.82, 2.24) is 20.4 Å². The van der Waals surface area contributed by atoms with E-state index in [4.69, 9.17) is 9.73 Å². The fourth-order valence-electron chi connectivity index (χ4n) is 3.11. The number of rotatable bonds is 8. The second kappa shape index (κ2) is 11.6. The molecule has 29 heavy (non-hydrogen) atoms. The zero-order valence-corrected chi connectivity index (χ0v) is 17.9. The SMILES string of the molecule is CCNC(=NCC(C)Oc1ccc(F)cc1)N1CCN(CC(=O)NC(C)C)CC1. The third-order valence-electron chi connectivity index (χ3n) is 4.47. The van der Waals surface area contributed by atoms with Gasteiger partial charge >= 0.3 is 0 Å². The van der Waals surface area contributed by atoms with Crippen molar-refractivity contribution < 1.29 is 13.9 Å². The average molecular weight is 408 g/mol. The van der Waals surface area contributed by atoms with Crippen LogP contribution in [0.5, 0.6) is 5.75 Å². The second-order valence-electron chi connectivity index (χ2n) is 7.56. The van der Waals surface area contributed by atoms with Crippen molar-refractivity contribution in [3.63, 3.8) is 0 Å². The molecular weight excluding hydrogens is 373 g/mol. The molecule has 0 bridgehead atoms. The van der Waals surface area contributed by atoms with E-state index in [1.54, 1.807) is 12.1 Å². The van der Waals surface area contributed by atoms with Crippen molar-refractivity contribution in [3.05, 3.63) is 30.1 Å². The van der Waals surface area contributed by atoms with Crippen LogP contribution in [0.3, 0.4) is 0 Å². The van der Waals surface area contributed by atoms with Gasteiger partial charge in [0.25, 0.3) is 0 Å². The van der Waals surface area contributed by atoms with Crippen LogP contribution in [0.15, 0.2) is 29.3 Å². The van der Waals surface area contributed by atoms with Crippen molar-refractivity contribution in [1.29, 1.82) is 0 Å². The summed E-state index contributed by atoms with van der Waals surface area (Å²) in [5.74, 6) is 1.28. The molecule has 0 radical (unpaired) electrons. The molecule has 1 atom stereocenters. The number of halogens is 1. The minimum absolute atomic E-state index is 0.0702. The monoisotopic (exact) mass is 407 g/mol. The summed E-state index contributed by atoms with van der Waals surface area (Å²) >= 11 is 0. The van der Waals surface area contributed by atoms with Gasteiger partial charge in [0.05, 0.1) is 13.1 Å². The molecule has 8 heteroatoms. The quantitative estimate of drug-likeness (QED) is 0.507. The Kier molecular flexibility index (Phi) is 9.18. The summed E-state index contributed by atoms with van der Waals surface area (Å²) in [6, 6.07) is 6.17. The molecule has 162 valence electrons. The van der Waals surface area contributed by atoms with E-state index in [0.29, 0.717) is 18.8 Å². The number of guanidine groups is 1. The molecule has 1 aliphatic rings. The van der Waals surface area contributed by atoms with E-state index >= 15 is 0 Å². The van der Waals surface area contributed by atoms with E-state index in [1.165, 1.54) is 12.1 Å². The number of hydrogen-bond donors (Lipinski definition) is 2. The van der Waals surface area contributed by atoms with Crippen molar-refractivity contribution >= 4 is 11.9 Å². The second-order valence-corrected chi connectivity index (χ2v) is 7.56. The molecule has 2 N–H and O–H groups in total. The van der Waals surface area contributed by atoms with Gasteiger partial charge in [-0.3, -0.25) is 9.69 Å². The van der Waals surface area contributed by atoms with Crippen LogP contribution in [0.4, 0.5) is 4.39 Å². The lowest BCUT2D eigenvalue weighted by Crippen LogP contribution is -2.54. The molecule has 1 saturated heterocycles. The van der Waals surface area contributed by atoms with E-state index in [2.05, 4.69) is 20.4 Å². The molecule has 1 aromatic rings. The minimum Gasteiger partial charge on any atom is -0.489 e. The maximum atomic E-state index is 13.0. The summed E-state index contributed by atoms with van der Waals surface area (Å²) in [4.78, 5) is 21.0. The summed E-state index contributed by atoms with van der Waals surface area (Å²) in [5, 5.41) is 6.27. The van der Waals surface area contributed by atoms with Crippen molar-refractivity contribution in [2.75, 3.05) is 45.8 Å². The van der Waals surface area contributed by atoms with Crippen LogP contribution >= 0.6 is 0 Å². The Hall–Kier alpha value is -2.35. The van der Waals surface area contributed by atoms with Crippen LogP contribution in [0.25, 0.3) is 0 Å². The zero-order chi connectivity index (χ0) is 21.2. The van der Waals surface area contributed by atoms with Gasteiger partial charge in [0, 0.05) is 38.8 Å². The van der Waals surface area contributed by atoms with Crippen LogP contribution < -0.4 is 15.4 Å². The van der Waals surface area contributed by atoms with Gasteiger partial charge in [-0.1, -0.05) is 0 Å². The van der Waals surface area contributed by atoms with Gasteiger partial charge in [-0.25, -0.2) is 9.38 Å². The van der Waals surface area contributed by atoms with Crippen molar-refractivity contribution in [2.24, 2.45) is 4.99 Å².